The molecule has 0 bridgehead atoms. The van der Waals surface area contributed by atoms with Crippen LogP contribution in [0.25, 0.3) is 0 Å². The SMILES string of the molecule is C/C=C(\C=C/CC)CN1CCC(CCN=C(N)c2ccc(N)cc2F)CC1.NC(=NCCC1CCN(Cc2ccccc2)CC1)c1ccc(N)cc1F. The van der Waals surface area contributed by atoms with E-state index in [1.165, 1.54) is 49.0 Å². The van der Waals surface area contributed by atoms with E-state index in [0.29, 0.717) is 47.4 Å². The maximum Gasteiger partial charge on any atom is 0.136 e. The van der Waals surface area contributed by atoms with Crippen LogP contribution < -0.4 is 22.9 Å². The molecule has 2 heterocycles. The third kappa shape index (κ3) is 14.1. The number of benzene rings is 3. The van der Waals surface area contributed by atoms with Gasteiger partial charge in [-0.25, -0.2) is 8.78 Å². The molecule has 3 aromatic carbocycles. The molecule has 286 valence electrons. The quantitative estimate of drug-likeness (QED) is 0.0587. The van der Waals surface area contributed by atoms with E-state index >= 15 is 0 Å². The molecule has 2 aliphatic rings. The maximum atomic E-state index is 13.9. The lowest BCUT2D eigenvalue weighted by atomic mass is 9.93. The molecule has 0 radical (unpaired) electrons. The van der Waals surface area contributed by atoms with Crippen LogP contribution in [0.5, 0.6) is 0 Å². The Balaban J connectivity index is 0.000000237. The van der Waals surface area contributed by atoms with Crippen molar-refractivity contribution in [2.24, 2.45) is 33.3 Å². The average molecular weight is 727 g/mol. The van der Waals surface area contributed by atoms with Crippen LogP contribution in [0.15, 0.2) is 101 Å². The summed E-state index contributed by atoms with van der Waals surface area (Å²) in [7, 11) is 0. The molecule has 0 aliphatic carbocycles. The molecule has 0 atom stereocenters. The summed E-state index contributed by atoms with van der Waals surface area (Å²) in [6.45, 7) is 12.1. The van der Waals surface area contributed by atoms with Gasteiger partial charge in [0.05, 0.1) is 11.1 Å². The molecule has 8 N–H and O–H groups in total. The Morgan fingerprint density at radius 1 is 0.736 bits per heavy atom. The Morgan fingerprint density at radius 3 is 1.68 bits per heavy atom. The fraction of sp³-hybridized carbons (Fsp3) is 0.442. The van der Waals surface area contributed by atoms with Gasteiger partial charge in [-0.05, 0) is 137 Å². The number of hydrogen-bond acceptors (Lipinski definition) is 6. The lowest BCUT2D eigenvalue weighted by Crippen LogP contribution is -2.35. The number of allylic oxidation sites excluding steroid dienone is 2. The van der Waals surface area contributed by atoms with E-state index in [-0.39, 0.29) is 11.7 Å². The Morgan fingerprint density at radius 2 is 1.23 bits per heavy atom. The standard InChI is InChI=1S/C22H33FN4.C21H27FN4/c1-3-5-6-17(4-2)16-27-13-10-18(11-14-27)9-12-26-22(25)20-8-7-19(24)15-21(20)23;22-20-14-18(23)6-7-19(20)21(24)25-11-8-16-9-12-26(13-10-16)15-17-4-2-1-3-5-17/h4-8,15,18H,3,9-14,16,24H2,1-2H3,(H2,25,26);1-7,14,16H,8-13,15,23H2,(H2,24,25)/b6-5-,17-4+;. The van der Waals surface area contributed by atoms with Crippen molar-refractivity contribution in [3.63, 3.8) is 0 Å². The van der Waals surface area contributed by atoms with Gasteiger partial charge in [-0.1, -0.05) is 55.5 Å². The third-order valence-electron chi connectivity index (χ3n) is 10.2. The Labute approximate surface area is 315 Å². The second-order valence-electron chi connectivity index (χ2n) is 14.2. The number of likely N-dealkylation sites (tertiary alicyclic amines) is 2. The monoisotopic (exact) mass is 726 g/mol. The van der Waals surface area contributed by atoms with Gasteiger partial charge in [-0.2, -0.15) is 0 Å². The fourth-order valence-corrected chi connectivity index (χ4v) is 6.86. The number of nitrogen functional groups attached to an aromatic ring is 2. The van der Waals surface area contributed by atoms with Crippen LogP contribution in [-0.2, 0) is 6.54 Å². The van der Waals surface area contributed by atoms with Gasteiger partial charge >= 0.3 is 0 Å². The van der Waals surface area contributed by atoms with E-state index in [2.05, 4.69) is 82.2 Å². The second-order valence-corrected chi connectivity index (χ2v) is 14.2. The summed E-state index contributed by atoms with van der Waals surface area (Å²) in [5.41, 5.74) is 27.2. The molecule has 0 spiro atoms. The molecular weight excluding hydrogens is 667 g/mol. The van der Waals surface area contributed by atoms with E-state index in [9.17, 15) is 8.78 Å². The van der Waals surface area contributed by atoms with E-state index in [1.54, 1.807) is 24.3 Å². The topological polar surface area (TPSA) is 135 Å². The highest BCUT2D eigenvalue weighted by Crippen LogP contribution is 2.23. The van der Waals surface area contributed by atoms with Crippen LogP contribution in [0.4, 0.5) is 20.2 Å². The summed E-state index contributed by atoms with van der Waals surface area (Å²) in [6, 6.07) is 19.6. The molecule has 0 unspecified atom stereocenters. The number of anilines is 2. The van der Waals surface area contributed by atoms with E-state index in [1.807, 2.05) is 0 Å². The summed E-state index contributed by atoms with van der Waals surface area (Å²) in [6.07, 6.45) is 14.4. The summed E-state index contributed by atoms with van der Waals surface area (Å²) in [4.78, 5) is 13.8. The van der Waals surface area contributed by atoms with E-state index in [4.69, 9.17) is 22.9 Å². The predicted molar refractivity (Wildman–Crippen MR) is 219 cm³/mol. The van der Waals surface area contributed by atoms with Crippen molar-refractivity contribution in [2.45, 2.75) is 65.3 Å². The van der Waals surface area contributed by atoms with Crippen LogP contribution in [0.3, 0.4) is 0 Å². The molecule has 8 nitrogen and oxygen atoms in total. The summed E-state index contributed by atoms with van der Waals surface area (Å²) in [5.74, 6) is 1.00. The number of piperidine rings is 2. The first-order valence-electron chi connectivity index (χ1n) is 19.2. The number of hydrogen-bond donors (Lipinski definition) is 4. The Kier molecular flexibility index (Phi) is 17.0. The van der Waals surface area contributed by atoms with Gasteiger partial charge < -0.3 is 22.9 Å². The normalized spacial score (nSPS) is 17.2. The van der Waals surface area contributed by atoms with Gasteiger partial charge in [0.1, 0.15) is 23.3 Å². The first-order chi connectivity index (χ1) is 25.6. The number of amidine groups is 2. The molecule has 0 saturated carbocycles. The number of aliphatic imine (C=N–C) groups is 2. The van der Waals surface area contributed by atoms with Crippen molar-refractivity contribution < 1.29 is 8.78 Å². The van der Waals surface area contributed by atoms with Crippen molar-refractivity contribution >= 4 is 23.0 Å². The molecule has 3 aromatic rings. The van der Waals surface area contributed by atoms with Crippen LogP contribution >= 0.6 is 0 Å². The highest BCUT2D eigenvalue weighted by molar-refractivity contribution is 5.98. The fourth-order valence-electron chi connectivity index (χ4n) is 6.86. The lowest BCUT2D eigenvalue weighted by molar-refractivity contribution is 0.173. The predicted octanol–water partition coefficient (Wildman–Crippen LogP) is 7.54. The zero-order valence-corrected chi connectivity index (χ0v) is 31.7. The van der Waals surface area contributed by atoms with Gasteiger partial charge in [0.15, 0.2) is 0 Å². The van der Waals surface area contributed by atoms with Crippen LogP contribution in [0.1, 0.15) is 75.5 Å². The zero-order valence-electron chi connectivity index (χ0n) is 31.7. The van der Waals surface area contributed by atoms with E-state index in [0.717, 1.165) is 58.5 Å². The van der Waals surface area contributed by atoms with Crippen LogP contribution in [0, 0.1) is 23.5 Å². The third-order valence-corrected chi connectivity index (χ3v) is 10.2. The van der Waals surface area contributed by atoms with Crippen molar-refractivity contribution in [3.8, 4) is 0 Å². The minimum Gasteiger partial charge on any atom is -0.399 e. The van der Waals surface area contributed by atoms with Crippen LogP contribution in [0.2, 0.25) is 0 Å². The molecule has 0 amide bonds. The summed E-state index contributed by atoms with van der Waals surface area (Å²) in [5, 5.41) is 0. The average Bonchev–Trinajstić information content (AvgIpc) is 3.15. The van der Waals surface area contributed by atoms with Gasteiger partial charge in [-0.3, -0.25) is 19.8 Å². The lowest BCUT2D eigenvalue weighted by Gasteiger charge is -2.32. The van der Waals surface area contributed by atoms with Crippen molar-refractivity contribution in [1.82, 2.24) is 9.80 Å². The molecular formula is C43H60F2N8. The first-order valence-corrected chi connectivity index (χ1v) is 19.2. The zero-order chi connectivity index (χ0) is 38.0. The van der Waals surface area contributed by atoms with Crippen molar-refractivity contribution in [1.29, 1.82) is 0 Å². The van der Waals surface area contributed by atoms with E-state index < -0.39 is 11.6 Å². The Bertz CT molecular complexity index is 1670. The van der Waals surface area contributed by atoms with Crippen LogP contribution in [-0.4, -0.2) is 67.3 Å². The van der Waals surface area contributed by atoms with Gasteiger partial charge in [0, 0.05) is 37.6 Å². The summed E-state index contributed by atoms with van der Waals surface area (Å²) >= 11 is 0. The maximum absolute atomic E-state index is 13.9. The molecule has 53 heavy (non-hydrogen) atoms. The highest BCUT2D eigenvalue weighted by Gasteiger charge is 2.20. The van der Waals surface area contributed by atoms with Crippen molar-refractivity contribution in [2.75, 3.05) is 57.3 Å². The minimum absolute atomic E-state index is 0.254. The van der Waals surface area contributed by atoms with Crippen molar-refractivity contribution in [3.05, 3.63) is 119 Å². The molecule has 0 aromatic heterocycles. The number of rotatable bonds is 14. The molecule has 2 saturated heterocycles. The first kappa shape index (κ1) is 41.2. The molecule has 2 fully saturated rings. The minimum atomic E-state index is -0.416. The van der Waals surface area contributed by atoms with Gasteiger partial charge in [0.25, 0.3) is 0 Å². The molecule has 10 heteroatoms. The smallest absolute Gasteiger partial charge is 0.136 e. The number of nitrogens with zero attached hydrogens (tertiary/aromatic N) is 4. The molecule has 5 rings (SSSR count). The number of nitrogens with two attached hydrogens (primary N) is 4. The van der Waals surface area contributed by atoms with Gasteiger partial charge in [-0.15, -0.1) is 0 Å². The second kappa shape index (κ2) is 21.9. The largest absolute Gasteiger partial charge is 0.399 e. The summed E-state index contributed by atoms with van der Waals surface area (Å²) < 4.78 is 27.7. The highest BCUT2D eigenvalue weighted by atomic mass is 19.1. The number of halogens is 2. The molecule has 2 aliphatic heterocycles. The van der Waals surface area contributed by atoms with Gasteiger partial charge in [0.2, 0.25) is 0 Å². The Hall–Kier alpha value is -4.54.